The van der Waals surface area contributed by atoms with E-state index in [9.17, 15) is 14.4 Å². The fourth-order valence-corrected chi connectivity index (χ4v) is 3.34. The zero-order valence-electron chi connectivity index (χ0n) is 15.6. The Morgan fingerprint density at radius 1 is 1.19 bits per heavy atom. The van der Waals surface area contributed by atoms with E-state index >= 15 is 0 Å². The van der Waals surface area contributed by atoms with E-state index in [1.54, 1.807) is 4.90 Å². The molecule has 0 bridgehead atoms. The molecule has 0 aliphatic carbocycles. The SMILES string of the molecule is CC(=O)N(CC(=O)O)C1CCCN(C(=O)c2cccc(N(C)C)c2)CC1. The van der Waals surface area contributed by atoms with Gasteiger partial charge in [0.05, 0.1) is 0 Å². The predicted octanol–water partition coefficient (Wildman–Crippen LogP) is 1.68. The van der Waals surface area contributed by atoms with Crippen LogP contribution in [-0.4, -0.2) is 72.5 Å². The Hall–Kier alpha value is -2.57. The lowest BCUT2D eigenvalue weighted by Gasteiger charge is -2.29. The van der Waals surface area contributed by atoms with Crippen LogP contribution < -0.4 is 4.90 Å². The molecular weight excluding hydrogens is 334 g/mol. The lowest BCUT2D eigenvalue weighted by Crippen LogP contribution is -2.43. The van der Waals surface area contributed by atoms with Crippen LogP contribution in [0.5, 0.6) is 0 Å². The Morgan fingerprint density at radius 3 is 2.54 bits per heavy atom. The average Bonchev–Trinajstić information content (AvgIpc) is 2.84. The quantitative estimate of drug-likeness (QED) is 0.863. The van der Waals surface area contributed by atoms with Crippen molar-refractivity contribution in [2.45, 2.75) is 32.2 Å². The number of aliphatic carboxylic acids is 1. The van der Waals surface area contributed by atoms with E-state index in [0.717, 1.165) is 12.1 Å². The van der Waals surface area contributed by atoms with Gasteiger partial charge >= 0.3 is 5.97 Å². The van der Waals surface area contributed by atoms with Crippen LogP contribution in [0.3, 0.4) is 0 Å². The van der Waals surface area contributed by atoms with E-state index in [4.69, 9.17) is 5.11 Å². The molecule has 7 nitrogen and oxygen atoms in total. The molecule has 1 unspecified atom stereocenters. The molecular formula is C19H27N3O4. The summed E-state index contributed by atoms with van der Waals surface area (Å²) in [6.45, 7) is 2.22. The van der Waals surface area contributed by atoms with Gasteiger partial charge in [0, 0.05) is 51.4 Å². The summed E-state index contributed by atoms with van der Waals surface area (Å²) >= 11 is 0. The van der Waals surface area contributed by atoms with Gasteiger partial charge in [0.25, 0.3) is 5.91 Å². The number of hydrogen-bond donors (Lipinski definition) is 1. The van der Waals surface area contributed by atoms with Crippen molar-refractivity contribution in [2.24, 2.45) is 0 Å². The number of rotatable bonds is 5. The molecule has 1 aliphatic rings. The number of carboxylic acids is 1. The first kappa shape index (κ1) is 19.8. The van der Waals surface area contributed by atoms with E-state index in [2.05, 4.69) is 0 Å². The first-order valence-corrected chi connectivity index (χ1v) is 8.85. The fourth-order valence-electron chi connectivity index (χ4n) is 3.34. The molecule has 26 heavy (non-hydrogen) atoms. The molecule has 1 fully saturated rings. The van der Waals surface area contributed by atoms with Crippen LogP contribution in [0.2, 0.25) is 0 Å². The number of benzene rings is 1. The molecule has 2 amide bonds. The number of carbonyl (C=O) groups excluding carboxylic acids is 2. The summed E-state index contributed by atoms with van der Waals surface area (Å²) in [5.41, 5.74) is 1.61. The fraction of sp³-hybridized carbons (Fsp3) is 0.526. The highest BCUT2D eigenvalue weighted by atomic mass is 16.4. The number of nitrogens with zero attached hydrogens (tertiary/aromatic N) is 3. The smallest absolute Gasteiger partial charge is 0.323 e. The lowest BCUT2D eigenvalue weighted by molar-refractivity contribution is -0.145. The first-order chi connectivity index (χ1) is 12.3. The molecule has 7 heteroatoms. The zero-order chi connectivity index (χ0) is 19.3. The lowest BCUT2D eigenvalue weighted by atomic mass is 10.1. The van der Waals surface area contributed by atoms with Crippen LogP contribution in [0.4, 0.5) is 5.69 Å². The van der Waals surface area contributed by atoms with E-state index < -0.39 is 5.97 Å². The highest BCUT2D eigenvalue weighted by molar-refractivity contribution is 5.95. The second-order valence-corrected chi connectivity index (χ2v) is 6.86. The van der Waals surface area contributed by atoms with E-state index in [1.165, 1.54) is 11.8 Å². The van der Waals surface area contributed by atoms with Crippen molar-refractivity contribution in [3.05, 3.63) is 29.8 Å². The Kier molecular flexibility index (Phi) is 6.60. The summed E-state index contributed by atoms with van der Waals surface area (Å²) in [6.07, 6.45) is 2.04. The highest BCUT2D eigenvalue weighted by Crippen LogP contribution is 2.20. The van der Waals surface area contributed by atoms with Crippen molar-refractivity contribution in [3.8, 4) is 0 Å². The minimum Gasteiger partial charge on any atom is -0.480 e. The summed E-state index contributed by atoms with van der Waals surface area (Å²) in [5, 5.41) is 9.03. The zero-order valence-corrected chi connectivity index (χ0v) is 15.6. The third-order valence-corrected chi connectivity index (χ3v) is 4.75. The number of carboxylic acid groups (broad SMARTS) is 1. The maximum Gasteiger partial charge on any atom is 0.323 e. The van der Waals surface area contributed by atoms with Gasteiger partial charge in [-0.05, 0) is 37.5 Å². The van der Waals surface area contributed by atoms with Crippen molar-refractivity contribution in [3.63, 3.8) is 0 Å². The number of likely N-dealkylation sites (tertiary alicyclic amines) is 1. The molecule has 0 saturated carbocycles. The number of anilines is 1. The standard InChI is InChI=1S/C19H27N3O4/c1-14(23)22(13-18(24)25)16-8-5-10-21(11-9-16)19(26)15-6-4-7-17(12-15)20(2)3/h4,6-7,12,16H,5,8-11,13H2,1-3H3,(H,24,25). The molecule has 1 aliphatic heterocycles. The molecule has 142 valence electrons. The van der Waals surface area contributed by atoms with Crippen LogP contribution >= 0.6 is 0 Å². The summed E-state index contributed by atoms with van der Waals surface area (Å²) in [7, 11) is 3.86. The maximum atomic E-state index is 12.8. The normalized spacial score (nSPS) is 17.3. The van der Waals surface area contributed by atoms with Crippen LogP contribution in [-0.2, 0) is 9.59 Å². The van der Waals surface area contributed by atoms with Crippen LogP contribution in [0, 0.1) is 0 Å². The van der Waals surface area contributed by atoms with E-state index in [1.807, 2.05) is 43.3 Å². The number of amides is 2. The Labute approximate surface area is 154 Å². The summed E-state index contributed by atoms with van der Waals surface area (Å²) in [5.74, 6) is -1.28. The molecule has 0 aromatic heterocycles. The van der Waals surface area contributed by atoms with Gasteiger partial charge in [-0.2, -0.15) is 0 Å². The van der Waals surface area contributed by atoms with Crippen molar-refractivity contribution < 1.29 is 19.5 Å². The molecule has 1 heterocycles. The van der Waals surface area contributed by atoms with Gasteiger partial charge in [0.1, 0.15) is 6.54 Å². The van der Waals surface area contributed by atoms with Crippen molar-refractivity contribution in [1.82, 2.24) is 9.80 Å². The molecule has 2 rings (SSSR count). The number of hydrogen-bond acceptors (Lipinski definition) is 4. The van der Waals surface area contributed by atoms with Gasteiger partial charge in [0.15, 0.2) is 0 Å². The second-order valence-electron chi connectivity index (χ2n) is 6.86. The van der Waals surface area contributed by atoms with Gasteiger partial charge in [-0.25, -0.2) is 0 Å². The monoisotopic (exact) mass is 361 g/mol. The van der Waals surface area contributed by atoms with Crippen molar-refractivity contribution in [1.29, 1.82) is 0 Å². The third kappa shape index (κ3) is 4.97. The van der Waals surface area contributed by atoms with Crippen molar-refractivity contribution in [2.75, 3.05) is 38.6 Å². The third-order valence-electron chi connectivity index (χ3n) is 4.75. The molecule has 1 saturated heterocycles. The first-order valence-electron chi connectivity index (χ1n) is 8.85. The predicted molar refractivity (Wildman–Crippen MR) is 99.3 cm³/mol. The second kappa shape index (κ2) is 8.69. The molecule has 1 aromatic rings. The van der Waals surface area contributed by atoms with Gasteiger partial charge < -0.3 is 19.8 Å². The highest BCUT2D eigenvalue weighted by Gasteiger charge is 2.28. The van der Waals surface area contributed by atoms with Crippen LogP contribution in [0.1, 0.15) is 36.5 Å². The van der Waals surface area contributed by atoms with Gasteiger partial charge in [-0.1, -0.05) is 6.07 Å². The van der Waals surface area contributed by atoms with E-state index in [-0.39, 0.29) is 24.4 Å². The largest absolute Gasteiger partial charge is 0.480 e. The Morgan fingerprint density at radius 2 is 1.92 bits per heavy atom. The molecule has 0 radical (unpaired) electrons. The van der Waals surface area contributed by atoms with Crippen LogP contribution in [0.25, 0.3) is 0 Å². The van der Waals surface area contributed by atoms with Crippen molar-refractivity contribution >= 4 is 23.5 Å². The molecule has 0 spiro atoms. The summed E-state index contributed by atoms with van der Waals surface area (Å²) in [6, 6.07) is 7.36. The van der Waals surface area contributed by atoms with Gasteiger partial charge in [0.2, 0.25) is 5.91 Å². The van der Waals surface area contributed by atoms with E-state index in [0.29, 0.717) is 31.5 Å². The topological polar surface area (TPSA) is 81.2 Å². The average molecular weight is 361 g/mol. The minimum atomic E-state index is -1.02. The summed E-state index contributed by atoms with van der Waals surface area (Å²) < 4.78 is 0. The van der Waals surface area contributed by atoms with Crippen LogP contribution in [0.15, 0.2) is 24.3 Å². The maximum absolute atomic E-state index is 12.8. The Bertz CT molecular complexity index is 675. The minimum absolute atomic E-state index is 0.0260. The van der Waals surface area contributed by atoms with Gasteiger partial charge in [-0.15, -0.1) is 0 Å². The molecule has 1 atom stereocenters. The molecule has 1 N–H and O–H groups in total. The molecule has 1 aromatic carbocycles. The number of carbonyl (C=O) groups is 3. The summed E-state index contributed by atoms with van der Waals surface area (Å²) in [4.78, 5) is 40.8. The van der Waals surface area contributed by atoms with Gasteiger partial charge in [-0.3, -0.25) is 14.4 Å². The Balaban J connectivity index is 2.07.